The Hall–Kier alpha value is -2.72. The Morgan fingerprint density at radius 2 is 1.50 bits per heavy atom. The molecule has 0 fully saturated rings. The lowest BCUT2D eigenvalue weighted by atomic mass is 10.0. The fourth-order valence-electron chi connectivity index (χ4n) is 3.85. The van der Waals surface area contributed by atoms with Crippen LogP contribution >= 0.6 is 15.9 Å². The van der Waals surface area contributed by atoms with E-state index in [0.717, 1.165) is 32.4 Å². The number of benzene rings is 3. The number of aromatic nitrogens is 3. The lowest BCUT2D eigenvalue weighted by molar-refractivity contribution is 1.11. The summed E-state index contributed by atoms with van der Waals surface area (Å²) in [6.07, 6.45) is 0. The monoisotopic (exact) mass is 401 g/mol. The van der Waals surface area contributed by atoms with Gasteiger partial charge < -0.3 is 0 Å². The molecule has 0 aliphatic carbocycles. The van der Waals surface area contributed by atoms with E-state index in [4.69, 9.17) is 0 Å². The molecule has 0 amide bonds. The number of fused-ring (bicyclic) bond motifs is 6. The quantitative estimate of drug-likeness (QED) is 0.318. The molecule has 0 spiro atoms. The van der Waals surface area contributed by atoms with Gasteiger partial charge in [-0.3, -0.25) is 4.40 Å². The van der Waals surface area contributed by atoms with E-state index in [0.29, 0.717) is 0 Å². The Balaban J connectivity index is 2.05. The van der Waals surface area contributed by atoms with Crippen molar-refractivity contribution in [2.24, 2.45) is 0 Å². The van der Waals surface area contributed by atoms with Crippen LogP contribution in [0, 0.1) is 13.8 Å². The summed E-state index contributed by atoms with van der Waals surface area (Å²) in [6.45, 7) is 4.26. The summed E-state index contributed by atoms with van der Waals surface area (Å²) in [4.78, 5) is 0. The molecule has 126 valence electrons. The van der Waals surface area contributed by atoms with Crippen LogP contribution in [0.25, 0.3) is 38.7 Å². The van der Waals surface area contributed by atoms with Gasteiger partial charge in [0.15, 0.2) is 11.5 Å². The van der Waals surface area contributed by atoms with Crippen molar-refractivity contribution in [1.29, 1.82) is 0 Å². The highest BCUT2D eigenvalue weighted by molar-refractivity contribution is 9.10. The summed E-state index contributed by atoms with van der Waals surface area (Å²) in [6, 6.07) is 21.1. The standard InChI is InChI=1S/C22H16BrN3/c1-13-6-5-7-14(2)20(13)22-25-24-21-17-9-4-3-8-16(17)18-12-15(23)10-11-19(18)26(21)22/h3-12H,1-2H3. The maximum Gasteiger partial charge on any atom is 0.169 e. The van der Waals surface area contributed by atoms with E-state index in [1.165, 1.54) is 21.9 Å². The number of halogens is 1. The maximum atomic E-state index is 4.61. The first-order valence-corrected chi connectivity index (χ1v) is 9.36. The highest BCUT2D eigenvalue weighted by atomic mass is 79.9. The highest BCUT2D eigenvalue weighted by Crippen LogP contribution is 2.34. The molecule has 0 aliphatic heterocycles. The van der Waals surface area contributed by atoms with E-state index in [9.17, 15) is 0 Å². The number of nitrogens with zero attached hydrogens (tertiary/aromatic N) is 3. The van der Waals surface area contributed by atoms with Crippen molar-refractivity contribution in [1.82, 2.24) is 14.6 Å². The second kappa shape index (κ2) is 5.64. The van der Waals surface area contributed by atoms with E-state index in [-0.39, 0.29) is 0 Å². The molecule has 2 aromatic heterocycles. The Morgan fingerprint density at radius 3 is 2.27 bits per heavy atom. The van der Waals surface area contributed by atoms with E-state index < -0.39 is 0 Å². The van der Waals surface area contributed by atoms with Gasteiger partial charge in [-0.15, -0.1) is 10.2 Å². The third-order valence-electron chi connectivity index (χ3n) is 5.03. The van der Waals surface area contributed by atoms with Gasteiger partial charge in [-0.05, 0) is 48.6 Å². The third kappa shape index (κ3) is 2.12. The molecule has 0 N–H and O–H groups in total. The van der Waals surface area contributed by atoms with Crippen LogP contribution in [0.15, 0.2) is 65.1 Å². The van der Waals surface area contributed by atoms with Crippen molar-refractivity contribution in [2.75, 3.05) is 0 Å². The van der Waals surface area contributed by atoms with Gasteiger partial charge in [0.05, 0.1) is 5.52 Å². The van der Waals surface area contributed by atoms with E-state index in [1.807, 2.05) is 0 Å². The van der Waals surface area contributed by atoms with Crippen molar-refractivity contribution in [3.63, 3.8) is 0 Å². The smallest absolute Gasteiger partial charge is 0.169 e. The third-order valence-corrected chi connectivity index (χ3v) is 5.52. The zero-order valence-electron chi connectivity index (χ0n) is 14.5. The summed E-state index contributed by atoms with van der Waals surface area (Å²) >= 11 is 3.62. The summed E-state index contributed by atoms with van der Waals surface area (Å²) < 4.78 is 3.26. The molecule has 0 atom stereocenters. The van der Waals surface area contributed by atoms with Gasteiger partial charge in [0.1, 0.15) is 0 Å². The number of hydrogen-bond donors (Lipinski definition) is 0. The summed E-state index contributed by atoms with van der Waals surface area (Å²) in [5.74, 6) is 0.897. The minimum atomic E-state index is 0.896. The second-order valence-corrected chi connectivity index (χ2v) is 7.57. The first-order chi connectivity index (χ1) is 12.6. The van der Waals surface area contributed by atoms with Crippen LogP contribution in [0.3, 0.4) is 0 Å². The molecule has 0 saturated carbocycles. The van der Waals surface area contributed by atoms with Crippen LogP contribution in [0.1, 0.15) is 11.1 Å². The summed E-state index contributed by atoms with van der Waals surface area (Å²) in [5.41, 5.74) is 5.58. The molecule has 5 aromatic rings. The number of rotatable bonds is 1. The molecule has 3 aromatic carbocycles. The SMILES string of the molecule is Cc1cccc(C)c1-c1nnc2c3ccccc3c3cc(Br)ccc3n12. The van der Waals surface area contributed by atoms with Gasteiger partial charge in [0.25, 0.3) is 0 Å². The molecule has 4 heteroatoms. The first kappa shape index (κ1) is 15.5. The van der Waals surface area contributed by atoms with Gasteiger partial charge in [-0.2, -0.15) is 0 Å². The van der Waals surface area contributed by atoms with Crippen LogP contribution in [0.4, 0.5) is 0 Å². The van der Waals surface area contributed by atoms with Crippen molar-refractivity contribution in [3.8, 4) is 11.4 Å². The van der Waals surface area contributed by atoms with Crippen LogP contribution in [0.2, 0.25) is 0 Å². The largest absolute Gasteiger partial charge is 0.274 e. The minimum absolute atomic E-state index is 0.896. The fraction of sp³-hybridized carbons (Fsp3) is 0.0909. The predicted octanol–water partition coefficient (Wildman–Crippen LogP) is 6.08. The van der Waals surface area contributed by atoms with E-state index >= 15 is 0 Å². The van der Waals surface area contributed by atoms with Gasteiger partial charge in [-0.1, -0.05) is 58.4 Å². The number of pyridine rings is 1. The number of aryl methyl sites for hydroxylation is 2. The fourth-order valence-corrected chi connectivity index (χ4v) is 4.21. The molecule has 0 radical (unpaired) electrons. The molecule has 0 bridgehead atoms. The normalized spacial score (nSPS) is 11.7. The van der Waals surface area contributed by atoms with Crippen molar-refractivity contribution < 1.29 is 0 Å². The van der Waals surface area contributed by atoms with Crippen LogP contribution in [-0.2, 0) is 0 Å². The minimum Gasteiger partial charge on any atom is -0.274 e. The molecule has 5 rings (SSSR count). The first-order valence-electron chi connectivity index (χ1n) is 8.57. The van der Waals surface area contributed by atoms with Crippen molar-refractivity contribution in [2.45, 2.75) is 13.8 Å². The van der Waals surface area contributed by atoms with Gasteiger partial charge in [0.2, 0.25) is 0 Å². The zero-order chi connectivity index (χ0) is 17.8. The van der Waals surface area contributed by atoms with Crippen molar-refractivity contribution >= 4 is 43.3 Å². The Morgan fingerprint density at radius 1 is 0.769 bits per heavy atom. The Bertz CT molecular complexity index is 1300. The second-order valence-electron chi connectivity index (χ2n) is 6.66. The maximum absolute atomic E-state index is 4.61. The lowest BCUT2D eigenvalue weighted by Gasteiger charge is -2.12. The lowest BCUT2D eigenvalue weighted by Crippen LogP contribution is -1.97. The summed E-state index contributed by atoms with van der Waals surface area (Å²) in [5, 5.41) is 12.7. The van der Waals surface area contributed by atoms with Crippen molar-refractivity contribution in [3.05, 3.63) is 76.3 Å². The molecule has 3 nitrogen and oxygen atoms in total. The Labute approximate surface area is 159 Å². The van der Waals surface area contributed by atoms with Gasteiger partial charge in [-0.25, -0.2) is 0 Å². The molecule has 2 heterocycles. The predicted molar refractivity (Wildman–Crippen MR) is 111 cm³/mol. The molecular formula is C22H16BrN3. The van der Waals surface area contributed by atoms with Crippen LogP contribution < -0.4 is 0 Å². The zero-order valence-corrected chi connectivity index (χ0v) is 16.1. The van der Waals surface area contributed by atoms with Crippen LogP contribution in [-0.4, -0.2) is 14.6 Å². The molecule has 26 heavy (non-hydrogen) atoms. The van der Waals surface area contributed by atoms with Crippen LogP contribution in [0.5, 0.6) is 0 Å². The van der Waals surface area contributed by atoms with E-state index in [1.54, 1.807) is 0 Å². The molecule has 0 aliphatic rings. The summed E-state index contributed by atoms with van der Waals surface area (Å²) in [7, 11) is 0. The Kier molecular flexibility index (Phi) is 3.37. The molecule has 0 saturated heterocycles. The molecular weight excluding hydrogens is 386 g/mol. The average molecular weight is 402 g/mol. The highest BCUT2D eigenvalue weighted by Gasteiger charge is 2.18. The van der Waals surface area contributed by atoms with E-state index in [2.05, 4.69) is 105 Å². The van der Waals surface area contributed by atoms with Gasteiger partial charge in [0, 0.05) is 20.8 Å². The molecule has 0 unspecified atom stereocenters. The number of hydrogen-bond acceptors (Lipinski definition) is 2. The average Bonchev–Trinajstić information content (AvgIpc) is 3.07. The topological polar surface area (TPSA) is 30.2 Å². The van der Waals surface area contributed by atoms with Gasteiger partial charge >= 0.3 is 0 Å².